The van der Waals surface area contributed by atoms with E-state index in [4.69, 9.17) is 0 Å². The van der Waals surface area contributed by atoms with Crippen LogP contribution < -0.4 is 0 Å². The highest BCUT2D eigenvalue weighted by molar-refractivity contribution is 7.09. The van der Waals surface area contributed by atoms with Gasteiger partial charge in [-0.2, -0.15) is 0 Å². The van der Waals surface area contributed by atoms with Crippen LogP contribution in [0, 0.1) is 6.92 Å². The molecule has 0 aliphatic rings. The molecule has 1 atom stereocenters. The number of hydrogen-bond donors (Lipinski definition) is 1. The van der Waals surface area contributed by atoms with E-state index in [1.165, 1.54) is 11.1 Å². The van der Waals surface area contributed by atoms with Crippen LogP contribution in [0.5, 0.6) is 0 Å². The van der Waals surface area contributed by atoms with E-state index in [-0.39, 0.29) is 12.5 Å². The minimum atomic E-state index is 0.158. The van der Waals surface area contributed by atoms with E-state index in [0.717, 1.165) is 11.4 Å². The molecule has 0 radical (unpaired) electrons. The minimum absolute atomic E-state index is 0.158. The first-order valence-electron chi connectivity index (χ1n) is 5.35. The lowest BCUT2D eigenvalue weighted by Gasteiger charge is -2.13. The summed E-state index contributed by atoms with van der Waals surface area (Å²) in [5.74, 6) is 0.158. The molecule has 0 saturated carbocycles. The molecule has 2 rings (SSSR count). The highest BCUT2D eigenvalue weighted by Gasteiger charge is 2.12. The second-order valence-corrected chi connectivity index (χ2v) is 4.90. The maximum atomic E-state index is 9.45. The molecule has 1 N–H and O–H groups in total. The Morgan fingerprint density at radius 3 is 2.94 bits per heavy atom. The van der Waals surface area contributed by atoms with Crippen LogP contribution in [0.4, 0.5) is 0 Å². The average Bonchev–Trinajstić information content (AvgIpc) is 2.78. The summed E-state index contributed by atoms with van der Waals surface area (Å²) in [5.41, 5.74) is 2.42. The Morgan fingerprint density at radius 1 is 1.44 bits per heavy atom. The predicted molar refractivity (Wildman–Crippen MR) is 66.8 cm³/mol. The first kappa shape index (κ1) is 11.3. The number of aliphatic hydroxyl groups is 1. The Hall–Kier alpha value is -1.19. The highest BCUT2D eigenvalue weighted by atomic mass is 32.1. The first-order chi connectivity index (χ1) is 7.79. The molecule has 3 heteroatoms. The lowest BCUT2D eigenvalue weighted by Crippen LogP contribution is -2.07. The van der Waals surface area contributed by atoms with Crippen LogP contribution in [0.15, 0.2) is 35.8 Å². The van der Waals surface area contributed by atoms with E-state index in [1.54, 1.807) is 11.3 Å². The Balaban J connectivity index is 2.16. The summed E-state index contributed by atoms with van der Waals surface area (Å²) in [7, 11) is 0. The molecule has 0 amide bonds. The molecule has 0 saturated heterocycles. The van der Waals surface area contributed by atoms with E-state index in [2.05, 4.69) is 30.1 Å². The van der Waals surface area contributed by atoms with Gasteiger partial charge in [0.1, 0.15) is 0 Å². The van der Waals surface area contributed by atoms with Gasteiger partial charge in [0.25, 0.3) is 0 Å². The minimum Gasteiger partial charge on any atom is -0.396 e. The fraction of sp³-hybridized carbons (Fsp3) is 0.308. The van der Waals surface area contributed by atoms with Crippen molar-refractivity contribution in [2.75, 3.05) is 6.61 Å². The van der Waals surface area contributed by atoms with Crippen LogP contribution in [0.1, 0.15) is 22.1 Å². The van der Waals surface area contributed by atoms with Crippen LogP contribution in [0.3, 0.4) is 0 Å². The van der Waals surface area contributed by atoms with Crippen LogP contribution in [-0.2, 0) is 6.42 Å². The third-order valence-corrected chi connectivity index (χ3v) is 3.44. The molecule has 1 unspecified atom stereocenters. The highest BCUT2D eigenvalue weighted by Crippen LogP contribution is 2.22. The number of rotatable bonds is 4. The molecule has 1 heterocycles. The quantitative estimate of drug-likeness (QED) is 0.881. The van der Waals surface area contributed by atoms with Gasteiger partial charge in [-0.25, -0.2) is 4.98 Å². The molecule has 1 aromatic carbocycles. The molecule has 0 aliphatic carbocycles. The van der Waals surface area contributed by atoms with Crippen molar-refractivity contribution in [3.05, 3.63) is 52.0 Å². The molecule has 84 valence electrons. The van der Waals surface area contributed by atoms with Crippen molar-refractivity contribution in [3.8, 4) is 0 Å². The summed E-state index contributed by atoms with van der Waals surface area (Å²) in [6, 6.07) is 8.31. The van der Waals surface area contributed by atoms with Crippen LogP contribution in [0.2, 0.25) is 0 Å². The third-order valence-electron chi connectivity index (χ3n) is 2.64. The van der Waals surface area contributed by atoms with Gasteiger partial charge in [0, 0.05) is 23.9 Å². The molecule has 0 fully saturated rings. The van der Waals surface area contributed by atoms with Gasteiger partial charge in [-0.1, -0.05) is 29.8 Å². The number of benzene rings is 1. The fourth-order valence-electron chi connectivity index (χ4n) is 1.78. The first-order valence-corrected chi connectivity index (χ1v) is 6.23. The Kier molecular flexibility index (Phi) is 3.70. The zero-order valence-electron chi connectivity index (χ0n) is 9.26. The van der Waals surface area contributed by atoms with E-state index < -0.39 is 0 Å². The van der Waals surface area contributed by atoms with Crippen molar-refractivity contribution in [1.29, 1.82) is 0 Å². The topological polar surface area (TPSA) is 33.1 Å². The fourth-order valence-corrected chi connectivity index (χ4v) is 2.47. The number of nitrogens with zero attached hydrogens (tertiary/aromatic N) is 1. The Morgan fingerprint density at radius 2 is 2.31 bits per heavy atom. The average molecular weight is 233 g/mol. The zero-order chi connectivity index (χ0) is 11.4. The smallest absolute Gasteiger partial charge is 0.0931 e. The molecular formula is C13H15NOS. The summed E-state index contributed by atoms with van der Waals surface area (Å²) >= 11 is 1.64. The van der Waals surface area contributed by atoms with E-state index in [9.17, 15) is 5.11 Å². The van der Waals surface area contributed by atoms with Gasteiger partial charge >= 0.3 is 0 Å². The van der Waals surface area contributed by atoms with Gasteiger partial charge in [0.15, 0.2) is 0 Å². The zero-order valence-corrected chi connectivity index (χ0v) is 10.1. The molecular weight excluding hydrogens is 218 g/mol. The van der Waals surface area contributed by atoms with Crippen molar-refractivity contribution in [3.63, 3.8) is 0 Å². The second kappa shape index (κ2) is 5.23. The molecule has 0 spiro atoms. The largest absolute Gasteiger partial charge is 0.396 e. The van der Waals surface area contributed by atoms with Gasteiger partial charge < -0.3 is 5.11 Å². The third kappa shape index (κ3) is 2.68. The van der Waals surface area contributed by atoms with Crippen LogP contribution in [0.25, 0.3) is 0 Å². The lowest BCUT2D eigenvalue weighted by molar-refractivity contribution is 0.264. The second-order valence-electron chi connectivity index (χ2n) is 3.92. The van der Waals surface area contributed by atoms with Gasteiger partial charge in [-0.3, -0.25) is 0 Å². The molecule has 1 aromatic heterocycles. The van der Waals surface area contributed by atoms with Crippen molar-refractivity contribution in [2.45, 2.75) is 19.3 Å². The normalized spacial score (nSPS) is 12.6. The van der Waals surface area contributed by atoms with Gasteiger partial charge in [-0.05, 0) is 12.5 Å². The number of thiazole rings is 1. The van der Waals surface area contributed by atoms with Crippen molar-refractivity contribution >= 4 is 11.3 Å². The summed E-state index contributed by atoms with van der Waals surface area (Å²) in [5, 5.41) is 12.5. The van der Waals surface area contributed by atoms with Crippen LogP contribution >= 0.6 is 11.3 Å². The van der Waals surface area contributed by atoms with E-state index in [0.29, 0.717) is 0 Å². The van der Waals surface area contributed by atoms with Crippen molar-refractivity contribution in [2.24, 2.45) is 0 Å². The monoisotopic (exact) mass is 233 g/mol. The Bertz CT molecular complexity index is 439. The maximum absolute atomic E-state index is 9.45. The van der Waals surface area contributed by atoms with Gasteiger partial charge in [-0.15, -0.1) is 11.3 Å². The number of aromatic nitrogens is 1. The van der Waals surface area contributed by atoms with Crippen molar-refractivity contribution < 1.29 is 5.11 Å². The molecule has 0 bridgehead atoms. The maximum Gasteiger partial charge on any atom is 0.0931 e. The summed E-state index contributed by atoms with van der Waals surface area (Å²) in [4.78, 5) is 4.26. The Labute approximate surface area is 99.6 Å². The SMILES string of the molecule is Cc1cccc(C(CO)Cc2nccs2)c1. The van der Waals surface area contributed by atoms with Gasteiger partial charge in [0.2, 0.25) is 0 Å². The van der Waals surface area contributed by atoms with E-state index >= 15 is 0 Å². The standard InChI is InChI=1S/C13H15NOS/c1-10-3-2-4-11(7-10)12(9-15)8-13-14-5-6-16-13/h2-7,12,15H,8-9H2,1H3. The number of hydrogen-bond acceptors (Lipinski definition) is 3. The molecule has 0 aliphatic heterocycles. The summed E-state index contributed by atoms with van der Waals surface area (Å²) in [6.07, 6.45) is 2.63. The number of aryl methyl sites for hydroxylation is 1. The summed E-state index contributed by atoms with van der Waals surface area (Å²) in [6.45, 7) is 2.24. The van der Waals surface area contributed by atoms with E-state index in [1.807, 2.05) is 17.6 Å². The molecule has 2 aromatic rings. The van der Waals surface area contributed by atoms with Crippen LogP contribution in [-0.4, -0.2) is 16.7 Å². The molecule has 16 heavy (non-hydrogen) atoms. The lowest BCUT2D eigenvalue weighted by atomic mass is 9.95. The number of aliphatic hydroxyl groups excluding tert-OH is 1. The van der Waals surface area contributed by atoms with Crippen molar-refractivity contribution in [1.82, 2.24) is 4.98 Å². The molecule has 2 nitrogen and oxygen atoms in total. The van der Waals surface area contributed by atoms with Gasteiger partial charge in [0.05, 0.1) is 11.6 Å². The summed E-state index contributed by atoms with van der Waals surface area (Å²) < 4.78 is 0. The predicted octanol–water partition coefficient (Wildman–Crippen LogP) is 2.77.